The monoisotopic (exact) mass is 452 g/mol. The molecule has 0 bridgehead atoms. The Kier molecular flexibility index (Phi) is 5.64. The highest BCUT2D eigenvalue weighted by molar-refractivity contribution is 7.89. The smallest absolute Gasteiger partial charge is 0.244 e. The molecule has 0 unspecified atom stereocenters. The molecule has 1 spiro atoms. The molecule has 2 heterocycles. The van der Waals surface area contributed by atoms with Gasteiger partial charge < -0.3 is 4.90 Å². The lowest BCUT2D eigenvalue weighted by Crippen LogP contribution is -2.46. The van der Waals surface area contributed by atoms with Crippen LogP contribution in [0.15, 0.2) is 53.4 Å². The van der Waals surface area contributed by atoms with E-state index in [9.17, 15) is 13.2 Å². The number of nitrogens with zero attached hydrogens (tertiary/aromatic N) is 2. The second-order valence-electron chi connectivity index (χ2n) is 7.72. The first-order chi connectivity index (χ1) is 13.8. The van der Waals surface area contributed by atoms with Crippen molar-refractivity contribution in [1.82, 2.24) is 9.21 Å². The van der Waals surface area contributed by atoms with Crippen molar-refractivity contribution >= 4 is 39.1 Å². The second-order valence-corrected chi connectivity index (χ2v) is 10.5. The van der Waals surface area contributed by atoms with E-state index in [2.05, 4.69) is 0 Å². The number of carbonyl (C=O) groups excluding carboxylic acids is 1. The predicted molar refractivity (Wildman–Crippen MR) is 113 cm³/mol. The summed E-state index contributed by atoms with van der Waals surface area (Å²) in [6, 6.07) is 14.0. The van der Waals surface area contributed by atoms with Crippen molar-refractivity contribution < 1.29 is 13.2 Å². The zero-order valence-electron chi connectivity index (χ0n) is 15.9. The van der Waals surface area contributed by atoms with Crippen LogP contribution in [0.3, 0.4) is 0 Å². The minimum Gasteiger partial charge on any atom is -0.338 e. The highest BCUT2D eigenvalue weighted by Crippen LogP contribution is 2.43. The molecule has 0 N–H and O–H groups in total. The molecule has 2 aromatic rings. The fourth-order valence-electron chi connectivity index (χ4n) is 4.31. The fourth-order valence-corrected chi connectivity index (χ4v) is 6.46. The summed E-state index contributed by atoms with van der Waals surface area (Å²) in [5, 5.41) is 0.874. The molecule has 5 nitrogen and oxygen atoms in total. The van der Waals surface area contributed by atoms with Gasteiger partial charge in [-0.05, 0) is 49.1 Å². The van der Waals surface area contributed by atoms with Gasteiger partial charge in [-0.3, -0.25) is 4.79 Å². The molecule has 0 aliphatic carbocycles. The number of hydrogen-bond acceptors (Lipinski definition) is 3. The molecular weight excluding hydrogens is 431 g/mol. The molecule has 0 atom stereocenters. The van der Waals surface area contributed by atoms with E-state index in [1.807, 2.05) is 29.2 Å². The van der Waals surface area contributed by atoms with Gasteiger partial charge in [0.1, 0.15) is 4.90 Å². The van der Waals surface area contributed by atoms with Crippen LogP contribution in [0, 0.1) is 5.41 Å². The van der Waals surface area contributed by atoms with Crippen molar-refractivity contribution in [1.29, 1.82) is 0 Å². The van der Waals surface area contributed by atoms with Crippen LogP contribution in [0.2, 0.25) is 10.0 Å². The minimum atomic E-state index is -3.66. The first-order valence-electron chi connectivity index (χ1n) is 9.60. The first kappa shape index (κ1) is 20.7. The van der Waals surface area contributed by atoms with Gasteiger partial charge >= 0.3 is 0 Å². The topological polar surface area (TPSA) is 57.7 Å². The average molecular weight is 453 g/mol. The molecule has 29 heavy (non-hydrogen) atoms. The van der Waals surface area contributed by atoms with Crippen molar-refractivity contribution in [3.63, 3.8) is 0 Å². The maximum atomic E-state index is 13.2. The Morgan fingerprint density at radius 1 is 0.931 bits per heavy atom. The van der Waals surface area contributed by atoms with Crippen molar-refractivity contribution in [2.24, 2.45) is 5.41 Å². The molecule has 0 radical (unpaired) electrons. The first-order valence-corrected chi connectivity index (χ1v) is 11.8. The molecule has 4 rings (SSSR count). The van der Waals surface area contributed by atoms with E-state index in [4.69, 9.17) is 23.2 Å². The number of benzene rings is 2. The summed E-state index contributed by atoms with van der Waals surface area (Å²) in [6.45, 7) is 1.86. The molecule has 0 saturated carbocycles. The summed E-state index contributed by atoms with van der Waals surface area (Å²) in [6.07, 6.45) is 1.81. The number of amides is 1. The molecule has 2 fully saturated rings. The third kappa shape index (κ3) is 3.91. The average Bonchev–Trinajstić information content (AvgIpc) is 2.98. The van der Waals surface area contributed by atoms with Gasteiger partial charge in [-0.15, -0.1) is 0 Å². The van der Waals surface area contributed by atoms with Gasteiger partial charge in [-0.1, -0.05) is 47.5 Å². The van der Waals surface area contributed by atoms with Crippen LogP contribution in [-0.4, -0.2) is 43.2 Å². The van der Waals surface area contributed by atoms with Crippen molar-refractivity contribution in [3.05, 3.63) is 64.1 Å². The van der Waals surface area contributed by atoms with Crippen LogP contribution < -0.4 is 0 Å². The molecule has 2 aliphatic rings. The van der Waals surface area contributed by atoms with Gasteiger partial charge in [0.2, 0.25) is 15.9 Å². The van der Waals surface area contributed by atoms with Crippen molar-refractivity contribution in [3.8, 4) is 0 Å². The number of likely N-dealkylation sites (tertiary alicyclic amines) is 1. The number of hydrogen-bond donors (Lipinski definition) is 0. The number of halogens is 2. The number of sulfonamides is 1. The van der Waals surface area contributed by atoms with E-state index in [1.165, 1.54) is 10.4 Å². The van der Waals surface area contributed by atoms with E-state index in [0.29, 0.717) is 44.0 Å². The van der Waals surface area contributed by atoms with Crippen molar-refractivity contribution in [2.45, 2.75) is 30.7 Å². The molecule has 154 valence electrons. The van der Waals surface area contributed by atoms with Gasteiger partial charge in [-0.2, -0.15) is 4.31 Å². The summed E-state index contributed by atoms with van der Waals surface area (Å²) in [7, 11) is -3.66. The van der Waals surface area contributed by atoms with E-state index >= 15 is 0 Å². The molecular formula is C21H22Cl2N2O3S. The minimum absolute atomic E-state index is 0.118. The van der Waals surface area contributed by atoms with Crippen LogP contribution in [0.1, 0.15) is 24.8 Å². The predicted octanol–water partition coefficient (Wildman–Crippen LogP) is 4.20. The number of piperidine rings is 1. The zero-order chi connectivity index (χ0) is 20.6. The Labute approximate surface area is 181 Å². The van der Waals surface area contributed by atoms with Gasteiger partial charge in [0, 0.05) is 31.2 Å². The largest absolute Gasteiger partial charge is 0.338 e. The van der Waals surface area contributed by atoms with Crippen LogP contribution in [0.25, 0.3) is 0 Å². The Hall–Kier alpha value is -1.60. The molecule has 2 aliphatic heterocycles. The van der Waals surface area contributed by atoms with E-state index < -0.39 is 15.4 Å². The zero-order valence-corrected chi connectivity index (χ0v) is 18.2. The van der Waals surface area contributed by atoms with E-state index in [-0.39, 0.29) is 15.8 Å². The van der Waals surface area contributed by atoms with E-state index in [0.717, 1.165) is 12.0 Å². The van der Waals surface area contributed by atoms with Gasteiger partial charge in [-0.25, -0.2) is 8.42 Å². The Bertz CT molecular complexity index is 1030. The van der Waals surface area contributed by atoms with Crippen LogP contribution in [0.4, 0.5) is 0 Å². The van der Waals surface area contributed by atoms with Crippen LogP contribution in [-0.2, 0) is 21.4 Å². The molecule has 2 saturated heterocycles. The third-order valence-corrected chi connectivity index (χ3v) is 8.63. The third-order valence-electron chi connectivity index (χ3n) is 6.00. The van der Waals surface area contributed by atoms with Gasteiger partial charge in [0.25, 0.3) is 0 Å². The summed E-state index contributed by atoms with van der Waals surface area (Å²) in [5.74, 6) is 0.118. The Balaban J connectivity index is 1.45. The molecule has 1 amide bonds. The maximum absolute atomic E-state index is 13.2. The summed E-state index contributed by atoms with van der Waals surface area (Å²) < 4.78 is 27.4. The number of rotatable bonds is 4. The molecule has 8 heteroatoms. The molecule has 0 aromatic heterocycles. The SMILES string of the molecule is O=C1N(Cc2cccc(Cl)c2)CCC12CCN(S(=O)(=O)c1ccccc1Cl)CC2. The highest BCUT2D eigenvalue weighted by atomic mass is 35.5. The van der Waals surface area contributed by atoms with Crippen LogP contribution >= 0.6 is 23.2 Å². The standard InChI is InChI=1S/C21H22Cl2N2O3S/c22-17-5-3-4-16(14-17)15-24-11-8-21(20(24)26)9-12-25(13-10-21)29(27,28)19-7-2-1-6-18(19)23/h1-7,14H,8-13,15H2. The Morgan fingerprint density at radius 2 is 1.62 bits per heavy atom. The lowest BCUT2D eigenvalue weighted by molar-refractivity contribution is -0.138. The lowest BCUT2D eigenvalue weighted by Gasteiger charge is -2.37. The fraction of sp³-hybridized carbons (Fsp3) is 0.381. The van der Waals surface area contributed by atoms with Gasteiger partial charge in [0.05, 0.1) is 10.4 Å². The van der Waals surface area contributed by atoms with Gasteiger partial charge in [0.15, 0.2) is 0 Å². The quantitative estimate of drug-likeness (QED) is 0.698. The summed E-state index contributed by atoms with van der Waals surface area (Å²) >= 11 is 12.2. The molecule has 2 aromatic carbocycles. The summed E-state index contributed by atoms with van der Waals surface area (Å²) in [4.78, 5) is 15.1. The maximum Gasteiger partial charge on any atom is 0.244 e. The highest BCUT2D eigenvalue weighted by Gasteiger charge is 2.49. The summed E-state index contributed by atoms with van der Waals surface area (Å²) in [5.41, 5.74) is 0.534. The lowest BCUT2D eigenvalue weighted by atomic mass is 9.77. The number of carbonyl (C=O) groups is 1. The second kappa shape index (κ2) is 7.91. The van der Waals surface area contributed by atoms with E-state index in [1.54, 1.807) is 18.2 Å². The normalized spacial score (nSPS) is 19.8. The Morgan fingerprint density at radius 3 is 2.31 bits per heavy atom. The van der Waals surface area contributed by atoms with Crippen molar-refractivity contribution in [2.75, 3.05) is 19.6 Å². The van der Waals surface area contributed by atoms with Crippen LogP contribution in [0.5, 0.6) is 0 Å².